The summed E-state index contributed by atoms with van der Waals surface area (Å²) in [5, 5.41) is 3.66. The van der Waals surface area contributed by atoms with Gasteiger partial charge in [0, 0.05) is 17.4 Å². The molecule has 1 fully saturated rings. The number of benzene rings is 1. The SMILES string of the molecule is Cc1cc(NC2CCCCCCC2)ccc1N. The van der Waals surface area contributed by atoms with E-state index in [1.807, 2.05) is 6.07 Å². The number of nitrogens with two attached hydrogens (primary N) is 1. The van der Waals surface area contributed by atoms with Crippen LogP contribution in [0.3, 0.4) is 0 Å². The largest absolute Gasteiger partial charge is 0.399 e. The molecule has 1 aliphatic carbocycles. The van der Waals surface area contributed by atoms with Crippen LogP contribution in [0.1, 0.15) is 50.5 Å². The van der Waals surface area contributed by atoms with E-state index in [0.29, 0.717) is 6.04 Å². The summed E-state index contributed by atoms with van der Waals surface area (Å²) in [5.74, 6) is 0. The van der Waals surface area contributed by atoms with Crippen molar-refractivity contribution in [3.05, 3.63) is 23.8 Å². The molecule has 2 nitrogen and oxygen atoms in total. The molecule has 2 heteroatoms. The quantitative estimate of drug-likeness (QED) is 0.753. The molecule has 1 saturated carbocycles. The molecule has 0 heterocycles. The summed E-state index contributed by atoms with van der Waals surface area (Å²) in [4.78, 5) is 0. The van der Waals surface area contributed by atoms with Crippen LogP contribution in [0.4, 0.5) is 11.4 Å². The second kappa shape index (κ2) is 5.95. The summed E-state index contributed by atoms with van der Waals surface area (Å²) in [6.07, 6.45) is 9.58. The van der Waals surface area contributed by atoms with Gasteiger partial charge in [-0.3, -0.25) is 0 Å². The number of hydrogen-bond acceptors (Lipinski definition) is 2. The molecular weight excluding hydrogens is 208 g/mol. The lowest BCUT2D eigenvalue weighted by Gasteiger charge is -2.22. The highest BCUT2D eigenvalue weighted by Crippen LogP contribution is 2.22. The molecule has 0 amide bonds. The lowest BCUT2D eigenvalue weighted by Crippen LogP contribution is -2.20. The third-order valence-electron chi connectivity index (χ3n) is 3.75. The van der Waals surface area contributed by atoms with Crippen molar-refractivity contribution in [2.75, 3.05) is 11.1 Å². The van der Waals surface area contributed by atoms with Gasteiger partial charge >= 0.3 is 0 Å². The molecule has 0 bridgehead atoms. The van der Waals surface area contributed by atoms with Gasteiger partial charge in [0.2, 0.25) is 0 Å². The van der Waals surface area contributed by atoms with Crippen molar-refractivity contribution in [3.8, 4) is 0 Å². The highest BCUT2D eigenvalue weighted by atomic mass is 14.9. The zero-order valence-corrected chi connectivity index (χ0v) is 10.8. The number of nitrogen functional groups attached to an aromatic ring is 1. The molecule has 94 valence electrons. The number of aryl methyl sites for hydroxylation is 1. The van der Waals surface area contributed by atoms with E-state index in [4.69, 9.17) is 5.73 Å². The highest BCUT2D eigenvalue weighted by Gasteiger charge is 2.11. The van der Waals surface area contributed by atoms with Gasteiger partial charge in [-0.1, -0.05) is 32.1 Å². The van der Waals surface area contributed by atoms with E-state index in [9.17, 15) is 0 Å². The summed E-state index contributed by atoms with van der Waals surface area (Å²) in [5.41, 5.74) is 9.11. The van der Waals surface area contributed by atoms with Crippen molar-refractivity contribution in [3.63, 3.8) is 0 Å². The Morgan fingerprint density at radius 1 is 1.06 bits per heavy atom. The molecule has 2 rings (SSSR count). The molecule has 0 radical (unpaired) electrons. The molecule has 1 aromatic carbocycles. The Hall–Kier alpha value is -1.18. The van der Waals surface area contributed by atoms with Gasteiger partial charge in [-0.25, -0.2) is 0 Å². The zero-order chi connectivity index (χ0) is 12.1. The molecule has 1 aliphatic rings. The van der Waals surface area contributed by atoms with Crippen LogP contribution < -0.4 is 11.1 Å². The Labute approximate surface area is 105 Å². The Balaban J connectivity index is 1.95. The van der Waals surface area contributed by atoms with Gasteiger partial charge in [0.1, 0.15) is 0 Å². The Morgan fingerprint density at radius 2 is 1.71 bits per heavy atom. The standard InChI is InChI=1S/C15H24N2/c1-12-11-14(9-10-15(12)16)17-13-7-5-3-2-4-6-8-13/h9-11,13,17H,2-8,16H2,1H3. The van der Waals surface area contributed by atoms with Crippen LogP contribution in [0.15, 0.2) is 18.2 Å². The maximum atomic E-state index is 5.84. The first-order valence-electron chi connectivity index (χ1n) is 6.88. The number of anilines is 2. The first-order valence-corrected chi connectivity index (χ1v) is 6.88. The van der Waals surface area contributed by atoms with Crippen LogP contribution in [0, 0.1) is 6.92 Å². The lowest BCUT2D eigenvalue weighted by atomic mass is 9.96. The van der Waals surface area contributed by atoms with Gasteiger partial charge in [0.05, 0.1) is 0 Å². The van der Waals surface area contributed by atoms with E-state index in [1.54, 1.807) is 0 Å². The van der Waals surface area contributed by atoms with Crippen molar-refractivity contribution in [1.82, 2.24) is 0 Å². The molecular formula is C15H24N2. The van der Waals surface area contributed by atoms with Crippen molar-refractivity contribution in [2.24, 2.45) is 0 Å². The van der Waals surface area contributed by atoms with Gasteiger partial charge in [0.15, 0.2) is 0 Å². The lowest BCUT2D eigenvalue weighted by molar-refractivity contribution is 0.471. The molecule has 0 aromatic heterocycles. The summed E-state index contributed by atoms with van der Waals surface area (Å²) >= 11 is 0. The third kappa shape index (κ3) is 3.65. The van der Waals surface area contributed by atoms with E-state index in [2.05, 4.69) is 24.4 Å². The van der Waals surface area contributed by atoms with Crippen molar-refractivity contribution >= 4 is 11.4 Å². The first-order chi connectivity index (χ1) is 8.25. The molecule has 17 heavy (non-hydrogen) atoms. The fourth-order valence-electron chi connectivity index (χ4n) is 2.60. The van der Waals surface area contributed by atoms with Gasteiger partial charge in [0.25, 0.3) is 0 Å². The Morgan fingerprint density at radius 3 is 2.35 bits per heavy atom. The summed E-state index contributed by atoms with van der Waals surface area (Å²) in [6, 6.07) is 6.91. The fraction of sp³-hybridized carbons (Fsp3) is 0.600. The second-order valence-corrected chi connectivity index (χ2v) is 5.26. The molecule has 0 spiro atoms. The summed E-state index contributed by atoms with van der Waals surface area (Å²) in [6.45, 7) is 2.07. The third-order valence-corrected chi connectivity index (χ3v) is 3.75. The van der Waals surface area contributed by atoms with E-state index in [-0.39, 0.29) is 0 Å². The minimum Gasteiger partial charge on any atom is -0.399 e. The van der Waals surface area contributed by atoms with Crippen LogP contribution in [0.5, 0.6) is 0 Å². The second-order valence-electron chi connectivity index (χ2n) is 5.26. The van der Waals surface area contributed by atoms with Crippen LogP contribution in [0.2, 0.25) is 0 Å². The first kappa shape index (κ1) is 12.3. The van der Waals surface area contributed by atoms with Crippen molar-refractivity contribution < 1.29 is 0 Å². The van der Waals surface area contributed by atoms with Crippen LogP contribution >= 0.6 is 0 Å². The van der Waals surface area contributed by atoms with E-state index in [0.717, 1.165) is 5.69 Å². The maximum absolute atomic E-state index is 5.84. The van der Waals surface area contributed by atoms with Crippen LogP contribution in [-0.2, 0) is 0 Å². The molecule has 3 N–H and O–H groups in total. The smallest absolute Gasteiger partial charge is 0.0346 e. The van der Waals surface area contributed by atoms with E-state index in [1.165, 1.54) is 56.2 Å². The highest BCUT2D eigenvalue weighted by molar-refractivity contribution is 5.57. The van der Waals surface area contributed by atoms with Gasteiger partial charge in [-0.05, 0) is 43.5 Å². The van der Waals surface area contributed by atoms with Crippen LogP contribution in [-0.4, -0.2) is 6.04 Å². The predicted molar refractivity (Wildman–Crippen MR) is 75.3 cm³/mol. The molecule has 0 saturated heterocycles. The number of nitrogens with one attached hydrogen (secondary N) is 1. The van der Waals surface area contributed by atoms with E-state index < -0.39 is 0 Å². The molecule has 0 aliphatic heterocycles. The Bertz CT molecular complexity index is 352. The number of rotatable bonds is 2. The predicted octanol–water partition coefficient (Wildman–Crippen LogP) is 4.10. The van der Waals surface area contributed by atoms with Crippen LogP contribution in [0.25, 0.3) is 0 Å². The minimum absolute atomic E-state index is 0.651. The van der Waals surface area contributed by atoms with Crippen molar-refractivity contribution in [1.29, 1.82) is 0 Å². The topological polar surface area (TPSA) is 38.0 Å². The number of hydrogen-bond donors (Lipinski definition) is 2. The Kier molecular flexibility index (Phi) is 4.29. The summed E-state index contributed by atoms with van der Waals surface area (Å²) < 4.78 is 0. The van der Waals surface area contributed by atoms with Gasteiger partial charge < -0.3 is 11.1 Å². The monoisotopic (exact) mass is 232 g/mol. The zero-order valence-electron chi connectivity index (χ0n) is 10.8. The maximum Gasteiger partial charge on any atom is 0.0346 e. The molecule has 1 aromatic rings. The van der Waals surface area contributed by atoms with E-state index >= 15 is 0 Å². The average molecular weight is 232 g/mol. The van der Waals surface area contributed by atoms with Gasteiger partial charge in [-0.2, -0.15) is 0 Å². The molecule has 0 unspecified atom stereocenters. The summed E-state index contributed by atoms with van der Waals surface area (Å²) in [7, 11) is 0. The fourth-order valence-corrected chi connectivity index (χ4v) is 2.60. The minimum atomic E-state index is 0.651. The normalized spacial score (nSPS) is 18.4. The van der Waals surface area contributed by atoms with Gasteiger partial charge in [-0.15, -0.1) is 0 Å². The average Bonchev–Trinajstić information content (AvgIpc) is 2.27. The van der Waals surface area contributed by atoms with Crippen molar-refractivity contribution in [2.45, 2.75) is 57.9 Å². The molecule has 0 atom stereocenters.